The average molecular weight is 333 g/mol. The Morgan fingerprint density at radius 2 is 1.81 bits per heavy atom. The molecular formula is C13H19NO5S2. The molecule has 1 aliphatic rings. The number of hydrogen-bond acceptors (Lipinski definition) is 6. The van der Waals surface area contributed by atoms with Gasteiger partial charge in [-0.1, -0.05) is 0 Å². The maximum Gasteiger partial charge on any atom is 0.177 e. The Balaban J connectivity index is 2.61. The molecule has 0 aromatic heterocycles. The zero-order valence-corrected chi connectivity index (χ0v) is 13.9. The molecule has 118 valence electrons. The Morgan fingerprint density at radius 1 is 1.14 bits per heavy atom. The van der Waals surface area contributed by atoms with Gasteiger partial charge in [0, 0.05) is 25.1 Å². The predicted octanol–water partition coefficient (Wildman–Crippen LogP) is 0.719. The predicted molar refractivity (Wildman–Crippen MR) is 80.3 cm³/mol. The highest BCUT2D eigenvalue weighted by Gasteiger charge is 2.26. The second-order valence-electron chi connectivity index (χ2n) is 5.29. The molecule has 0 aliphatic carbocycles. The third-order valence-corrected chi connectivity index (χ3v) is 5.67. The minimum Gasteiger partial charge on any atom is -0.377 e. The first-order valence-corrected chi connectivity index (χ1v) is 10.3. The maximum absolute atomic E-state index is 12.0. The lowest BCUT2D eigenvalue weighted by Gasteiger charge is -2.36. The molecule has 1 aromatic rings. The Morgan fingerprint density at radius 3 is 2.33 bits per heavy atom. The number of hydrogen-bond donors (Lipinski definition) is 0. The van der Waals surface area contributed by atoms with Crippen molar-refractivity contribution in [3.05, 3.63) is 18.2 Å². The van der Waals surface area contributed by atoms with Gasteiger partial charge >= 0.3 is 0 Å². The minimum atomic E-state index is -3.54. The van der Waals surface area contributed by atoms with Gasteiger partial charge in [0.2, 0.25) is 0 Å². The Bertz CT molecular complexity index is 740. The molecule has 21 heavy (non-hydrogen) atoms. The number of benzene rings is 1. The van der Waals surface area contributed by atoms with Gasteiger partial charge in [0.1, 0.15) is 0 Å². The van der Waals surface area contributed by atoms with Crippen LogP contribution in [-0.2, 0) is 24.4 Å². The summed E-state index contributed by atoms with van der Waals surface area (Å²) in [5, 5.41) is 0. The average Bonchev–Trinajstić information content (AvgIpc) is 2.36. The van der Waals surface area contributed by atoms with Gasteiger partial charge in [-0.05, 0) is 25.1 Å². The molecule has 6 nitrogen and oxygen atoms in total. The van der Waals surface area contributed by atoms with Crippen molar-refractivity contribution in [3.8, 4) is 0 Å². The second kappa shape index (κ2) is 5.58. The van der Waals surface area contributed by atoms with E-state index in [-0.39, 0.29) is 15.8 Å². The van der Waals surface area contributed by atoms with E-state index in [9.17, 15) is 16.8 Å². The fourth-order valence-electron chi connectivity index (χ4n) is 2.34. The number of rotatable bonds is 3. The summed E-state index contributed by atoms with van der Waals surface area (Å²) in [6.07, 6.45) is 2.15. The molecule has 1 fully saturated rings. The van der Waals surface area contributed by atoms with E-state index in [1.54, 1.807) is 6.07 Å². The zero-order valence-electron chi connectivity index (χ0n) is 12.2. The number of anilines is 1. The Kier molecular flexibility index (Phi) is 4.32. The molecule has 1 heterocycles. The molecule has 0 N–H and O–H groups in total. The van der Waals surface area contributed by atoms with Gasteiger partial charge in [-0.3, -0.25) is 0 Å². The maximum atomic E-state index is 12.0. The molecule has 8 heteroatoms. The molecule has 2 rings (SSSR count). The van der Waals surface area contributed by atoms with Gasteiger partial charge in [-0.15, -0.1) is 0 Å². The molecule has 1 saturated heterocycles. The highest BCUT2D eigenvalue weighted by Crippen LogP contribution is 2.30. The molecule has 0 bridgehead atoms. The summed E-state index contributed by atoms with van der Waals surface area (Å²) in [7, 11) is -6.99. The number of sulfone groups is 2. The zero-order chi connectivity index (χ0) is 15.8. The largest absolute Gasteiger partial charge is 0.377 e. The highest BCUT2D eigenvalue weighted by atomic mass is 32.2. The summed E-state index contributed by atoms with van der Waals surface area (Å²) >= 11 is 0. The van der Waals surface area contributed by atoms with Crippen LogP contribution in [0.15, 0.2) is 28.0 Å². The molecule has 0 radical (unpaired) electrons. The van der Waals surface area contributed by atoms with Gasteiger partial charge in [-0.25, -0.2) is 16.8 Å². The van der Waals surface area contributed by atoms with Gasteiger partial charge in [0.05, 0.1) is 28.7 Å². The SMILES string of the molecule is C[C@H]1COCCN1c1ccc(S(C)(=O)=O)cc1S(C)(=O)=O. The first kappa shape index (κ1) is 16.3. The van der Waals surface area contributed by atoms with Crippen molar-refractivity contribution >= 4 is 25.4 Å². The van der Waals surface area contributed by atoms with Gasteiger partial charge in [0.15, 0.2) is 19.7 Å². The van der Waals surface area contributed by atoms with Crippen molar-refractivity contribution in [2.75, 3.05) is 37.2 Å². The van der Waals surface area contributed by atoms with Gasteiger partial charge < -0.3 is 9.64 Å². The van der Waals surface area contributed by atoms with Crippen molar-refractivity contribution in [3.63, 3.8) is 0 Å². The summed E-state index contributed by atoms with van der Waals surface area (Å²) in [5.41, 5.74) is 0.528. The van der Waals surface area contributed by atoms with Crippen LogP contribution in [0.5, 0.6) is 0 Å². The van der Waals surface area contributed by atoms with E-state index in [0.717, 1.165) is 12.5 Å². The van der Waals surface area contributed by atoms with Crippen molar-refractivity contribution < 1.29 is 21.6 Å². The van der Waals surface area contributed by atoms with Crippen molar-refractivity contribution in [1.82, 2.24) is 0 Å². The molecule has 0 spiro atoms. The van der Waals surface area contributed by atoms with Crippen LogP contribution in [0.25, 0.3) is 0 Å². The summed E-state index contributed by atoms with van der Waals surface area (Å²) < 4.78 is 52.7. The summed E-state index contributed by atoms with van der Waals surface area (Å²) in [6.45, 7) is 3.54. The van der Waals surface area contributed by atoms with Crippen LogP contribution in [0.2, 0.25) is 0 Å². The van der Waals surface area contributed by atoms with Crippen LogP contribution in [-0.4, -0.2) is 55.1 Å². The fraction of sp³-hybridized carbons (Fsp3) is 0.538. The molecule has 0 unspecified atom stereocenters. The molecule has 0 saturated carbocycles. The third kappa shape index (κ3) is 3.56. The number of nitrogens with zero attached hydrogens (tertiary/aromatic N) is 1. The fourth-order valence-corrected chi connectivity index (χ4v) is 3.97. The number of ether oxygens (including phenoxy) is 1. The molecular weight excluding hydrogens is 314 g/mol. The lowest BCUT2D eigenvalue weighted by molar-refractivity contribution is 0.0987. The van der Waals surface area contributed by atoms with Gasteiger partial charge in [-0.2, -0.15) is 0 Å². The molecule has 1 aromatic carbocycles. The standard InChI is InChI=1S/C13H19NO5S2/c1-10-9-19-7-6-14(10)12-5-4-11(20(2,15)16)8-13(12)21(3,17)18/h4-5,8,10H,6-7,9H2,1-3H3/t10-/m0/s1. The third-order valence-electron chi connectivity index (χ3n) is 3.44. The highest BCUT2D eigenvalue weighted by molar-refractivity contribution is 7.91. The quantitative estimate of drug-likeness (QED) is 0.811. The summed E-state index contributed by atoms with van der Waals surface area (Å²) in [5.74, 6) is 0. The normalized spacial score (nSPS) is 20.5. The van der Waals surface area contributed by atoms with Crippen LogP contribution in [0.3, 0.4) is 0 Å². The number of morpholine rings is 1. The van der Waals surface area contributed by atoms with Crippen molar-refractivity contribution in [2.24, 2.45) is 0 Å². The summed E-state index contributed by atoms with van der Waals surface area (Å²) in [4.78, 5) is 1.98. The Labute approximate surface area is 125 Å². The van der Waals surface area contributed by atoms with E-state index >= 15 is 0 Å². The van der Waals surface area contributed by atoms with E-state index in [1.165, 1.54) is 12.1 Å². The van der Waals surface area contributed by atoms with Crippen LogP contribution in [0, 0.1) is 0 Å². The monoisotopic (exact) mass is 333 g/mol. The Hall–Kier alpha value is -1.12. The van der Waals surface area contributed by atoms with E-state index in [4.69, 9.17) is 4.74 Å². The van der Waals surface area contributed by atoms with Crippen LogP contribution >= 0.6 is 0 Å². The molecule has 1 atom stereocenters. The second-order valence-corrected chi connectivity index (χ2v) is 9.29. The van der Waals surface area contributed by atoms with E-state index < -0.39 is 19.7 Å². The smallest absolute Gasteiger partial charge is 0.177 e. The first-order valence-electron chi connectivity index (χ1n) is 6.49. The van der Waals surface area contributed by atoms with Crippen LogP contribution in [0.1, 0.15) is 6.92 Å². The topological polar surface area (TPSA) is 80.8 Å². The van der Waals surface area contributed by atoms with Crippen LogP contribution < -0.4 is 4.90 Å². The van der Waals surface area contributed by atoms with Crippen molar-refractivity contribution in [2.45, 2.75) is 22.8 Å². The van der Waals surface area contributed by atoms with E-state index in [1.807, 2.05) is 11.8 Å². The van der Waals surface area contributed by atoms with E-state index in [0.29, 0.717) is 25.4 Å². The molecule has 1 aliphatic heterocycles. The van der Waals surface area contributed by atoms with E-state index in [2.05, 4.69) is 0 Å². The minimum absolute atomic E-state index is 0.00703. The van der Waals surface area contributed by atoms with Crippen LogP contribution in [0.4, 0.5) is 5.69 Å². The van der Waals surface area contributed by atoms with Crippen molar-refractivity contribution in [1.29, 1.82) is 0 Å². The van der Waals surface area contributed by atoms with Gasteiger partial charge in [0.25, 0.3) is 0 Å². The first-order chi connectivity index (χ1) is 9.60. The summed E-state index contributed by atoms with van der Waals surface area (Å²) in [6, 6.07) is 4.28. The lowest BCUT2D eigenvalue weighted by atomic mass is 10.2. The lowest BCUT2D eigenvalue weighted by Crippen LogP contribution is -2.44. The molecule has 0 amide bonds.